The molecule has 0 aliphatic carbocycles. The van der Waals surface area contributed by atoms with Crippen molar-refractivity contribution in [3.8, 4) is 6.07 Å². The van der Waals surface area contributed by atoms with Crippen LogP contribution in [0.1, 0.15) is 5.56 Å². The van der Waals surface area contributed by atoms with Crippen LogP contribution in [0.4, 0.5) is 15.8 Å². The van der Waals surface area contributed by atoms with Crippen LogP contribution in [-0.4, -0.2) is 12.5 Å². The summed E-state index contributed by atoms with van der Waals surface area (Å²) < 4.78 is 12.7. The van der Waals surface area contributed by atoms with Crippen molar-refractivity contribution in [1.29, 1.82) is 5.26 Å². The first-order valence-electron chi connectivity index (χ1n) is 5.97. The number of rotatable bonds is 4. The molecule has 2 rings (SSSR count). The molecule has 0 atom stereocenters. The van der Waals surface area contributed by atoms with E-state index in [0.717, 1.165) is 5.69 Å². The SMILES string of the molecule is N#Cc1ccc(NCC(=O)Nc2ccc(F)cc2)cc1. The summed E-state index contributed by atoms with van der Waals surface area (Å²) in [5.41, 5.74) is 1.85. The topological polar surface area (TPSA) is 64.9 Å². The molecule has 0 saturated carbocycles. The Morgan fingerprint density at radius 2 is 1.65 bits per heavy atom. The quantitative estimate of drug-likeness (QED) is 0.897. The summed E-state index contributed by atoms with van der Waals surface area (Å²) in [4.78, 5) is 11.7. The van der Waals surface area contributed by atoms with E-state index in [1.807, 2.05) is 6.07 Å². The molecule has 20 heavy (non-hydrogen) atoms. The Bertz CT molecular complexity index is 630. The van der Waals surface area contributed by atoms with Crippen molar-refractivity contribution < 1.29 is 9.18 Å². The molecule has 0 aromatic heterocycles. The van der Waals surface area contributed by atoms with Crippen LogP contribution in [0, 0.1) is 17.1 Å². The van der Waals surface area contributed by atoms with E-state index in [9.17, 15) is 9.18 Å². The number of nitrogens with one attached hydrogen (secondary N) is 2. The molecule has 0 radical (unpaired) electrons. The number of benzene rings is 2. The molecule has 2 aromatic rings. The Labute approximate surface area is 115 Å². The maximum absolute atomic E-state index is 12.7. The first kappa shape index (κ1) is 13.6. The summed E-state index contributed by atoms with van der Waals surface area (Å²) in [5, 5.41) is 14.2. The largest absolute Gasteiger partial charge is 0.376 e. The van der Waals surface area contributed by atoms with Crippen molar-refractivity contribution >= 4 is 17.3 Å². The standard InChI is InChI=1S/C15H12FN3O/c16-12-3-7-14(8-4-12)19-15(20)10-18-13-5-1-11(9-17)2-6-13/h1-8,18H,10H2,(H,19,20). The number of hydrogen-bond acceptors (Lipinski definition) is 3. The lowest BCUT2D eigenvalue weighted by Crippen LogP contribution is -2.21. The second-order valence-electron chi connectivity index (χ2n) is 4.10. The molecule has 0 aliphatic rings. The highest BCUT2D eigenvalue weighted by molar-refractivity contribution is 5.93. The summed E-state index contributed by atoms with van der Waals surface area (Å²) in [6, 6.07) is 14.4. The van der Waals surface area contributed by atoms with Gasteiger partial charge in [0.1, 0.15) is 5.82 Å². The van der Waals surface area contributed by atoms with Crippen LogP contribution in [0.5, 0.6) is 0 Å². The smallest absolute Gasteiger partial charge is 0.243 e. The molecule has 0 heterocycles. The van der Waals surface area contributed by atoms with Gasteiger partial charge in [-0.3, -0.25) is 4.79 Å². The number of anilines is 2. The predicted octanol–water partition coefficient (Wildman–Crippen LogP) is 2.75. The van der Waals surface area contributed by atoms with Gasteiger partial charge in [-0.25, -0.2) is 4.39 Å². The Balaban J connectivity index is 1.85. The van der Waals surface area contributed by atoms with Gasteiger partial charge in [-0.05, 0) is 48.5 Å². The van der Waals surface area contributed by atoms with Gasteiger partial charge in [-0.2, -0.15) is 5.26 Å². The van der Waals surface area contributed by atoms with Crippen LogP contribution in [-0.2, 0) is 4.79 Å². The van der Waals surface area contributed by atoms with Crippen LogP contribution < -0.4 is 10.6 Å². The van der Waals surface area contributed by atoms with E-state index in [4.69, 9.17) is 5.26 Å². The molecule has 0 unspecified atom stereocenters. The summed E-state index contributed by atoms with van der Waals surface area (Å²) in [5.74, 6) is -0.584. The second-order valence-corrected chi connectivity index (χ2v) is 4.10. The van der Waals surface area contributed by atoms with E-state index in [0.29, 0.717) is 11.3 Å². The van der Waals surface area contributed by atoms with Crippen molar-refractivity contribution in [2.75, 3.05) is 17.2 Å². The molecule has 1 amide bonds. The Morgan fingerprint density at radius 3 is 2.25 bits per heavy atom. The van der Waals surface area contributed by atoms with Crippen LogP contribution in [0.15, 0.2) is 48.5 Å². The van der Waals surface area contributed by atoms with E-state index in [-0.39, 0.29) is 18.3 Å². The van der Waals surface area contributed by atoms with Gasteiger partial charge in [0.05, 0.1) is 18.2 Å². The minimum absolute atomic E-state index is 0.0866. The van der Waals surface area contributed by atoms with E-state index < -0.39 is 0 Å². The van der Waals surface area contributed by atoms with E-state index in [2.05, 4.69) is 10.6 Å². The lowest BCUT2D eigenvalue weighted by atomic mass is 10.2. The number of nitrogens with zero attached hydrogens (tertiary/aromatic N) is 1. The molecule has 0 bridgehead atoms. The van der Waals surface area contributed by atoms with Gasteiger partial charge >= 0.3 is 0 Å². The van der Waals surface area contributed by atoms with Crippen LogP contribution >= 0.6 is 0 Å². The number of nitriles is 1. The zero-order valence-electron chi connectivity index (χ0n) is 10.6. The van der Waals surface area contributed by atoms with Crippen LogP contribution in [0.2, 0.25) is 0 Å². The van der Waals surface area contributed by atoms with Crippen molar-refractivity contribution in [3.63, 3.8) is 0 Å². The molecule has 100 valence electrons. The molecule has 0 fully saturated rings. The number of halogens is 1. The fourth-order valence-corrected chi connectivity index (χ4v) is 1.58. The number of amides is 1. The average Bonchev–Trinajstić information content (AvgIpc) is 2.48. The van der Waals surface area contributed by atoms with E-state index >= 15 is 0 Å². The monoisotopic (exact) mass is 269 g/mol. The average molecular weight is 269 g/mol. The number of carbonyl (C=O) groups is 1. The molecule has 0 spiro atoms. The third-order valence-electron chi connectivity index (χ3n) is 2.60. The van der Waals surface area contributed by atoms with Crippen molar-refractivity contribution in [2.24, 2.45) is 0 Å². The predicted molar refractivity (Wildman–Crippen MR) is 74.7 cm³/mol. The highest BCUT2D eigenvalue weighted by atomic mass is 19.1. The first-order chi connectivity index (χ1) is 9.67. The maximum Gasteiger partial charge on any atom is 0.243 e. The zero-order chi connectivity index (χ0) is 14.4. The van der Waals surface area contributed by atoms with Gasteiger partial charge in [0, 0.05) is 11.4 Å². The fourth-order valence-electron chi connectivity index (χ4n) is 1.58. The lowest BCUT2D eigenvalue weighted by Gasteiger charge is -2.07. The molecule has 5 heteroatoms. The Kier molecular flexibility index (Phi) is 4.30. The summed E-state index contributed by atoms with van der Waals surface area (Å²) >= 11 is 0. The molecular weight excluding hydrogens is 257 g/mol. The molecule has 2 aromatic carbocycles. The van der Waals surface area contributed by atoms with Crippen molar-refractivity contribution in [1.82, 2.24) is 0 Å². The lowest BCUT2D eigenvalue weighted by molar-refractivity contribution is -0.114. The highest BCUT2D eigenvalue weighted by Gasteiger charge is 2.02. The van der Waals surface area contributed by atoms with Gasteiger partial charge in [-0.15, -0.1) is 0 Å². The van der Waals surface area contributed by atoms with Gasteiger partial charge < -0.3 is 10.6 Å². The molecule has 0 saturated heterocycles. The third kappa shape index (κ3) is 3.82. The number of hydrogen-bond donors (Lipinski definition) is 2. The molecule has 0 aliphatic heterocycles. The normalized spacial score (nSPS) is 9.60. The zero-order valence-corrected chi connectivity index (χ0v) is 10.6. The Hall–Kier alpha value is -2.87. The molecular formula is C15H12FN3O. The molecule has 2 N–H and O–H groups in total. The molecule has 4 nitrogen and oxygen atoms in total. The minimum Gasteiger partial charge on any atom is -0.376 e. The first-order valence-corrected chi connectivity index (χ1v) is 5.97. The second kappa shape index (κ2) is 6.34. The number of carbonyl (C=O) groups excluding carboxylic acids is 1. The fraction of sp³-hybridized carbons (Fsp3) is 0.0667. The maximum atomic E-state index is 12.7. The van der Waals surface area contributed by atoms with Gasteiger partial charge in [0.2, 0.25) is 5.91 Å². The Morgan fingerprint density at radius 1 is 1.05 bits per heavy atom. The van der Waals surface area contributed by atoms with Crippen LogP contribution in [0.3, 0.4) is 0 Å². The highest BCUT2D eigenvalue weighted by Crippen LogP contribution is 2.10. The summed E-state index contributed by atoms with van der Waals surface area (Å²) in [6.07, 6.45) is 0. The van der Waals surface area contributed by atoms with Gasteiger partial charge in [0.25, 0.3) is 0 Å². The van der Waals surface area contributed by atoms with E-state index in [1.54, 1.807) is 24.3 Å². The third-order valence-corrected chi connectivity index (χ3v) is 2.60. The minimum atomic E-state index is -0.348. The van der Waals surface area contributed by atoms with Crippen LogP contribution in [0.25, 0.3) is 0 Å². The summed E-state index contributed by atoms with van der Waals surface area (Å²) in [7, 11) is 0. The summed E-state index contributed by atoms with van der Waals surface area (Å²) in [6.45, 7) is 0.0866. The van der Waals surface area contributed by atoms with E-state index in [1.165, 1.54) is 24.3 Å². The van der Waals surface area contributed by atoms with Gasteiger partial charge in [0.15, 0.2) is 0 Å². The van der Waals surface area contributed by atoms with Crippen molar-refractivity contribution in [2.45, 2.75) is 0 Å². The van der Waals surface area contributed by atoms with Gasteiger partial charge in [-0.1, -0.05) is 0 Å². The van der Waals surface area contributed by atoms with Crippen molar-refractivity contribution in [3.05, 3.63) is 59.9 Å².